The van der Waals surface area contributed by atoms with Crippen molar-refractivity contribution in [3.05, 3.63) is 71.7 Å². The summed E-state index contributed by atoms with van der Waals surface area (Å²) in [7, 11) is 0. The molecule has 11 nitrogen and oxygen atoms in total. The number of carbonyl (C=O) groups excluding carboxylic acids is 1. The Kier molecular flexibility index (Phi) is 9.53. The van der Waals surface area contributed by atoms with E-state index in [0.29, 0.717) is 60.4 Å². The Morgan fingerprint density at radius 1 is 1.22 bits per heavy atom. The number of amides is 1. The number of carboxylic acid groups (broad SMARTS) is 1. The molecule has 13 heteroatoms. The molecule has 1 amide bonds. The molecule has 1 saturated heterocycles. The summed E-state index contributed by atoms with van der Waals surface area (Å²) in [5.41, 5.74) is 8.77. The number of nitrogens with zero attached hydrogens (tertiary/aromatic N) is 5. The lowest BCUT2D eigenvalue weighted by atomic mass is 9.96. The molecule has 1 saturated carbocycles. The highest BCUT2D eigenvalue weighted by atomic mass is 19.2. The summed E-state index contributed by atoms with van der Waals surface area (Å²) < 4.78 is 37.2. The van der Waals surface area contributed by atoms with Gasteiger partial charge in [-0.15, -0.1) is 0 Å². The highest BCUT2D eigenvalue weighted by Gasteiger charge is 2.38. The van der Waals surface area contributed by atoms with Crippen molar-refractivity contribution in [2.75, 3.05) is 31.6 Å². The predicted molar refractivity (Wildman–Crippen MR) is 162 cm³/mol. The van der Waals surface area contributed by atoms with Gasteiger partial charge < -0.3 is 25.8 Å². The van der Waals surface area contributed by atoms with Crippen molar-refractivity contribution in [3.8, 4) is 23.1 Å². The maximum atomic E-state index is 15.2. The normalized spacial score (nSPS) is 17.6. The van der Waals surface area contributed by atoms with Gasteiger partial charge in [-0.25, -0.2) is 14.4 Å². The van der Waals surface area contributed by atoms with Crippen LogP contribution < -0.4 is 15.8 Å². The molecule has 4 N–H and O–H groups in total. The van der Waals surface area contributed by atoms with Crippen LogP contribution in [0.25, 0.3) is 16.9 Å². The number of imidazole rings is 1. The van der Waals surface area contributed by atoms with Crippen LogP contribution in [0.3, 0.4) is 0 Å². The second kappa shape index (κ2) is 13.7. The number of piperidine rings is 1. The number of benzene rings is 2. The number of aryl methyl sites for hydroxylation is 1. The van der Waals surface area contributed by atoms with Gasteiger partial charge in [0.1, 0.15) is 0 Å². The largest absolute Gasteiger partial charge is 0.490 e. The van der Waals surface area contributed by atoms with E-state index in [0.717, 1.165) is 18.4 Å². The van der Waals surface area contributed by atoms with Crippen molar-refractivity contribution in [1.29, 1.82) is 5.26 Å². The topological polar surface area (TPSA) is 159 Å². The van der Waals surface area contributed by atoms with Crippen molar-refractivity contribution in [2.24, 2.45) is 23.5 Å². The van der Waals surface area contributed by atoms with Crippen molar-refractivity contribution >= 4 is 29.5 Å². The SMILES string of the molecule is Cc1cc(Nc2nccn3c(-c4ccc(OCC5CC5C#N)c(F)c4F)cnc23)ccc1C(=O)N1CCC(CN)CC1.O=CO. The lowest BCUT2D eigenvalue weighted by Gasteiger charge is -2.31. The molecule has 2 aliphatic rings. The number of fused-ring (bicyclic) bond motifs is 1. The Hall–Kier alpha value is -5.09. The number of halogens is 2. The lowest BCUT2D eigenvalue weighted by Crippen LogP contribution is -2.40. The smallest absolute Gasteiger partial charge is 0.290 e. The number of nitriles is 1. The summed E-state index contributed by atoms with van der Waals surface area (Å²) in [6, 6.07) is 10.5. The lowest BCUT2D eigenvalue weighted by molar-refractivity contribution is -0.122. The van der Waals surface area contributed by atoms with E-state index < -0.39 is 11.6 Å². The monoisotopic (exact) mass is 617 g/mol. The molecule has 1 aliphatic carbocycles. The van der Waals surface area contributed by atoms with E-state index in [1.54, 1.807) is 22.9 Å². The molecule has 0 spiro atoms. The summed E-state index contributed by atoms with van der Waals surface area (Å²) in [6.07, 6.45) is 7.18. The van der Waals surface area contributed by atoms with Crippen molar-refractivity contribution in [3.63, 3.8) is 0 Å². The third kappa shape index (κ3) is 6.71. The fourth-order valence-electron chi connectivity index (χ4n) is 5.49. The van der Waals surface area contributed by atoms with Crippen LogP contribution in [-0.2, 0) is 4.79 Å². The third-order valence-electron chi connectivity index (χ3n) is 8.25. The van der Waals surface area contributed by atoms with Gasteiger partial charge in [-0.2, -0.15) is 9.65 Å². The van der Waals surface area contributed by atoms with Gasteiger partial charge in [0.05, 0.1) is 30.5 Å². The zero-order chi connectivity index (χ0) is 32.1. The number of hydrogen-bond acceptors (Lipinski definition) is 8. The minimum atomic E-state index is -1.09. The molecule has 45 heavy (non-hydrogen) atoms. The summed E-state index contributed by atoms with van der Waals surface area (Å²) in [5, 5.41) is 19.1. The molecule has 3 heterocycles. The van der Waals surface area contributed by atoms with E-state index in [-0.39, 0.29) is 42.1 Å². The van der Waals surface area contributed by atoms with Crippen LogP contribution in [0.2, 0.25) is 0 Å². The first-order valence-corrected chi connectivity index (χ1v) is 14.6. The van der Waals surface area contributed by atoms with Gasteiger partial charge in [0.25, 0.3) is 12.4 Å². The van der Waals surface area contributed by atoms with Gasteiger partial charge in [-0.1, -0.05) is 0 Å². The number of nitrogens with one attached hydrogen (secondary N) is 1. The molecule has 2 aromatic heterocycles. The highest BCUT2D eigenvalue weighted by Crippen LogP contribution is 2.39. The first kappa shape index (κ1) is 31.3. The molecule has 0 bridgehead atoms. The molecule has 2 unspecified atom stereocenters. The number of hydrogen-bond donors (Lipinski definition) is 3. The van der Waals surface area contributed by atoms with Crippen molar-refractivity contribution < 1.29 is 28.2 Å². The van der Waals surface area contributed by atoms with E-state index in [2.05, 4.69) is 21.4 Å². The van der Waals surface area contributed by atoms with E-state index >= 15 is 4.39 Å². The molecule has 6 rings (SSSR count). The Labute approximate surface area is 258 Å². The molecule has 1 aliphatic heterocycles. The molecule has 234 valence electrons. The standard InChI is InChI=1S/C31H31F2N7O2.CH2O2/c1-18-12-22(2-3-23(18)31(41)39-9-6-19(14-34)7-10-39)38-29-30-37-16-25(40(30)11-8-36-29)24-4-5-26(28(33)27(24)32)42-17-21-13-20(21)15-35;2-1-3/h2-5,8,11-12,16,19-21H,6-7,9-10,13-14,17,34H2,1H3,(H,36,38);1H,(H,2,3). The Balaban J connectivity index is 0.00000128. The average molecular weight is 618 g/mol. The quantitative estimate of drug-likeness (QED) is 0.237. The van der Waals surface area contributed by atoms with Crippen LogP contribution in [0.15, 0.2) is 48.9 Å². The summed E-state index contributed by atoms with van der Waals surface area (Å²) >= 11 is 0. The Morgan fingerprint density at radius 3 is 2.64 bits per heavy atom. The van der Waals surface area contributed by atoms with Crippen LogP contribution in [0.1, 0.15) is 35.2 Å². The van der Waals surface area contributed by atoms with E-state index in [1.807, 2.05) is 24.0 Å². The van der Waals surface area contributed by atoms with Gasteiger partial charge in [0, 0.05) is 48.2 Å². The molecule has 2 atom stereocenters. The molecule has 2 fully saturated rings. The number of likely N-dealkylation sites (tertiary alicyclic amines) is 1. The third-order valence-corrected chi connectivity index (χ3v) is 8.25. The van der Waals surface area contributed by atoms with Crippen LogP contribution in [0.4, 0.5) is 20.3 Å². The van der Waals surface area contributed by atoms with Gasteiger partial charge in [0.2, 0.25) is 5.82 Å². The molecular formula is C32H33F2N7O4. The van der Waals surface area contributed by atoms with Crippen molar-refractivity contribution in [2.45, 2.75) is 26.2 Å². The number of aromatic nitrogens is 3. The number of ether oxygens (including phenoxy) is 1. The zero-order valence-electron chi connectivity index (χ0n) is 24.6. The Bertz CT molecular complexity index is 1750. The number of rotatable bonds is 8. The minimum Gasteiger partial charge on any atom is -0.490 e. The van der Waals surface area contributed by atoms with Gasteiger partial charge >= 0.3 is 0 Å². The van der Waals surface area contributed by atoms with Gasteiger partial charge in [0.15, 0.2) is 23.0 Å². The predicted octanol–water partition coefficient (Wildman–Crippen LogP) is 4.78. The van der Waals surface area contributed by atoms with E-state index in [4.69, 9.17) is 25.6 Å². The van der Waals surface area contributed by atoms with E-state index in [9.17, 15) is 9.18 Å². The maximum Gasteiger partial charge on any atom is 0.290 e. The first-order chi connectivity index (χ1) is 21.8. The summed E-state index contributed by atoms with van der Waals surface area (Å²) in [5.74, 6) is -1.44. The average Bonchev–Trinajstić information content (AvgIpc) is 3.69. The molecular weight excluding hydrogens is 584 g/mol. The number of anilines is 2. The van der Waals surface area contributed by atoms with Crippen LogP contribution in [0, 0.1) is 47.6 Å². The van der Waals surface area contributed by atoms with Crippen LogP contribution in [-0.4, -0.2) is 63.0 Å². The van der Waals surface area contributed by atoms with Crippen LogP contribution >= 0.6 is 0 Å². The molecule has 2 aromatic carbocycles. The Morgan fingerprint density at radius 2 is 1.98 bits per heavy atom. The fraction of sp³-hybridized carbons (Fsp3) is 0.344. The number of carbonyl (C=O) groups is 2. The second-order valence-electron chi connectivity index (χ2n) is 11.1. The summed E-state index contributed by atoms with van der Waals surface area (Å²) in [6.45, 7) is 3.88. The first-order valence-electron chi connectivity index (χ1n) is 14.6. The van der Waals surface area contributed by atoms with Crippen LogP contribution in [0.5, 0.6) is 5.75 Å². The fourth-order valence-corrected chi connectivity index (χ4v) is 5.49. The van der Waals surface area contributed by atoms with Gasteiger partial charge in [-0.3, -0.25) is 14.0 Å². The number of nitrogens with two attached hydrogens (primary N) is 1. The van der Waals surface area contributed by atoms with Gasteiger partial charge in [-0.05, 0) is 74.5 Å². The summed E-state index contributed by atoms with van der Waals surface area (Å²) in [4.78, 5) is 32.2. The zero-order valence-corrected chi connectivity index (χ0v) is 24.6. The minimum absolute atomic E-state index is 0.0113. The maximum absolute atomic E-state index is 15.2. The second-order valence-corrected chi connectivity index (χ2v) is 11.1. The molecule has 0 radical (unpaired) electrons. The van der Waals surface area contributed by atoms with Crippen molar-refractivity contribution in [1.82, 2.24) is 19.3 Å². The molecule has 4 aromatic rings. The van der Waals surface area contributed by atoms with E-state index in [1.165, 1.54) is 18.3 Å². The highest BCUT2D eigenvalue weighted by molar-refractivity contribution is 5.96.